The van der Waals surface area contributed by atoms with E-state index in [9.17, 15) is 4.79 Å². The van der Waals surface area contributed by atoms with Crippen molar-refractivity contribution in [2.75, 3.05) is 17.7 Å². The van der Waals surface area contributed by atoms with Crippen LogP contribution in [0, 0.1) is 0 Å². The number of anilines is 2. The number of nitrogen functional groups attached to an aromatic ring is 1. The molecule has 0 unspecified atom stereocenters. The lowest BCUT2D eigenvalue weighted by atomic mass is 10.1. The first-order valence-corrected chi connectivity index (χ1v) is 7.05. The van der Waals surface area contributed by atoms with E-state index in [0.717, 1.165) is 23.4 Å². The maximum absolute atomic E-state index is 11.7. The van der Waals surface area contributed by atoms with Crippen LogP contribution in [0.5, 0.6) is 0 Å². The Labute approximate surface area is 124 Å². The van der Waals surface area contributed by atoms with Gasteiger partial charge in [-0.25, -0.2) is 4.79 Å². The predicted molar refractivity (Wildman–Crippen MR) is 85.2 cm³/mol. The summed E-state index contributed by atoms with van der Waals surface area (Å²) >= 11 is 0. The molecule has 2 rings (SSSR count). The van der Waals surface area contributed by atoms with Crippen molar-refractivity contribution >= 4 is 17.3 Å². The molecule has 0 aliphatic carbocycles. The molecule has 0 atom stereocenters. The second kappa shape index (κ2) is 7.33. The molecule has 0 fully saturated rings. The van der Waals surface area contributed by atoms with Gasteiger partial charge in [0.2, 0.25) is 0 Å². The van der Waals surface area contributed by atoms with Gasteiger partial charge in [0.25, 0.3) is 0 Å². The van der Waals surface area contributed by atoms with Gasteiger partial charge >= 0.3 is 5.97 Å². The zero-order valence-electron chi connectivity index (χ0n) is 12.1. The van der Waals surface area contributed by atoms with E-state index in [1.54, 1.807) is 12.1 Å². The molecule has 0 aliphatic rings. The summed E-state index contributed by atoms with van der Waals surface area (Å²) in [6, 6.07) is 15.0. The molecule has 0 amide bonds. The molecule has 0 bridgehead atoms. The van der Waals surface area contributed by atoms with Gasteiger partial charge in [0.1, 0.15) is 0 Å². The van der Waals surface area contributed by atoms with Crippen LogP contribution < -0.4 is 11.1 Å². The molecule has 0 saturated carbocycles. The number of ether oxygens (including phenoxy) is 1. The van der Waals surface area contributed by atoms with E-state index in [-0.39, 0.29) is 5.97 Å². The smallest absolute Gasteiger partial charge is 0.338 e. The average molecular weight is 284 g/mol. The van der Waals surface area contributed by atoms with Crippen LogP contribution in [0.4, 0.5) is 11.4 Å². The predicted octanol–water partition coefficient (Wildman–Crippen LogP) is 3.45. The fraction of sp³-hybridized carbons (Fsp3) is 0.235. The van der Waals surface area contributed by atoms with Gasteiger partial charge in [-0.1, -0.05) is 25.1 Å². The summed E-state index contributed by atoms with van der Waals surface area (Å²) in [4.78, 5) is 11.7. The highest BCUT2D eigenvalue weighted by molar-refractivity contribution is 5.89. The summed E-state index contributed by atoms with van der Waals surface area (Å²) in [7, 11) is 0. The topological polar surface area (TPSA) is 64.3 Å². The van der Waals surface area contributed by atoms with Gasteiger partial charge in [-0.05, 0) is 42.3 Å². The molecule has 3 N–H and O–H groups in total. The van der Waals surface area contributed by atoms with Crippen LogP contribution in [0.3, 0.4) is 0 Å². The Balaban J connectivity index is 1.93. The Bertz CT molecular complexity index is 594. The molecule has 21 heavy (non-hydrogen) atoms. The molecule has 4 heteroatoms. The summed E-state index contributed by atoms with van der Waals surface area (Å²) < 4.78 is 5.09. The SMILES string of the molecule is CCCOC(=O)c1ccc(NCc2ccccc2N)cc1. The van der Waals surface area contributed by atoms with Crippen molar-refractivity contribution in [3.05, 3.63) is 59.7 Å². The largest absolute Gasteiger partial charge is 0.462 e. The van der Waals surface area contributed by atoms with Crippen molar-refractivity contribution in [3.8, 4) is 0 Å². The van der Waals surface area contributed by atoms with Gasteiger partial charge in [-0.3, -0.25) is 0 Å². The number of nitrogens with two attached hydrogens (primary N) is 1. The van der Waals surface area contributed by atoms with Gasteiger partial charge < -0.3 is 15.8 Å². The Morgan fingerprint density at radius 2 is 1.86 bits per heavy atom. The fourth-order valence-corrected chi connectivity index (χ4v) is 1.89. The summed E-state index contributed by atoms with van der Waals surface area (Å²) in [6.45, 7) is 3.06. The van der Waals surface area contributed by atoms with Crippen molar-refractivity contribution in [3.63, 3.8) is 0 Å². The van der Waals surface area contributed by atoms with Crippen LogP contribution in [-0.2, 0) is 11.3 Å². The zero-order valence-corrected chi connectivity index (χ0v) is 12.1. The second-order valence-electron chi connectivity index (χ2n) is 4.77. The first-order valence-electron chi connectivity index (χ1n) is 7.05. The van der Waals surface area contributed by atoms with Gasteiger partial charge in [0, 0.05) is 17.9 Å². The lowest BCUT2D eigenvalue weighted by Crippen LogP contribution is -2.06. The molecule has 0 radical (unpaired) electrons. The van der Waals surface area contributed by atoms with Crippen molar-refractivity contribution in [1.82, 2.24) is 0 Å². The maximum Gasteiger partial charge on any atom is 0.338 e. The number of benzene rings is 2. The minimum Gasteiger partial charge on any atom is -0.462 e. The molecule has 4 nitrogen and oxygen atoms in total. The number of carbonyl (C=O) groups is 1. The fourth-order valence-electron chi connectivity index (χ4n) is 1.89. The lowest BCUT2D eigenvalue weighted by Gasteiger charge is -2.09. The van der Waals surface area contributed by atoms with Crippen molar-refractivity contribution in [1.29, 1.82) is 0 Å². The minimum absolute atomic E-state index is 0.282. The van der Waals surface area contributed by atoms with Crippen LogP contribution in [-0.4, -0.2) is 12.6 Å². The second-order valence-corrected chi connectivity index (χ2v) is 4.77. The van der Waals surface area contributed by atoms with Crippen LogP contribution in [0.1, 0.15) is 29.3 Å². The van der Waals surface area contributed by atoms with Gasteiger partial charge in [-0.15, -0.1) is 0 Å². The first-order chi connectivity index (χ1) is 10.2. The molecular formula is C17H20N2O2. The maximum atomic E-state index is 11.7. The zero-order chi connectivity index (χ0) is 15.1. The Hall–Kier alpha value is -2.49. The Morgan fingerprint density at radius 3 is 2.52 bits per heavy atom. The molecule has 0 heterocycles. The number of para-hydroxylation sites is 1. The lowest BCUT2D eigenvalue weighted by molar-refractivity contribution is 0.0505. The van der Waals surface area contributed by atoms with E-state index < -0.39 is 0 Å². The number of esters is 1. The monoisotopic (exact) mass is 284 g/mol. The Kier molecular flexibility index (Phi) is 5.21. The quantitative estimate of drug-likeness (QED) is 0.630. The Morgan fingerprint density at radius 1 is 1.14 bits per heavy atom. The third-order valence-corrected chi connectivity index (χ3v) is 3.10. The molecule has 0 aliphatic heterocycles. The number of rotatable bonds is 6. The summed E-state index contributed by atoms with van der Waals surface area (Å²) in [5, 5.41) is 3.28. The van der Waals surface area contributed by atoms with E-state index >= 15 is 0 Å². The molecule has 110 valence electrons. The molecular weight excluding hydrogens is 264 g/mol. The third-order valence-electron chi connectivity index (χ3n) is 3.10. The van der Waals surface area contributed by atoms with E-state index in [2.05, 4.69) is 5.32 Å². The van der Waals surface area contributed by atoms with E-state index in [1.807, 2.05) is 43.3 Å². The van der Waals surface area contributed by atoms with Gasteiger partial charge in [0.05, 0.1) is 12.2 Å². The van der Waals surface area contributed by atoms with Crippen molar-refractivity contribution < 1.29 is 9.53 Å². The molecule has 0 aromatic heterocycles. The summed E-state index contributed by atoms with van der Waals surface area (Å²) in [5.74, 6) is -0.282. The van der Waals surface area contributed by atoms with E-state index in [0.29, 0.717) is 18.7 Å². The molecule has 2 aromatic rings. The van der Waals surface area contributed by atoms with Crippen LogP contribution in [0.25, 0.3) is 0 Å². The van der Waals surface area contributed by atoms with Gasteiger partial charge in [-0.2, -0.15) is 0 Å². The number of carbonyl (C=O) groups excluding carboxylic acids is 1. The van der Waals surface area contributed by atoms with Crippen molar-refractivity contribution in [2.45, 2.75) is 19.9 Å². The summed E-state index contributed by atoms with van der Waals surface area (Å²) in [5.41, 5.74) is 9.21. The number of nitrogens with one attached hydrogen (secondary N) is 1. The van der Waals surface area contributed by atoms with Crippen LogP contribution in [0.15, 0.2) is 48.5 Å². The number of hydrogen-bond acceptors (Lipinski definition) is 4. The molecule has 0 spiro atoms. The van der Waals surface area contributed by atoms with Gasteiger partial charge in [0.15, 0.2) is 0 Å². The highest BCUT2D eigenvalue weighted by Gasteiger charge is 2.06. The van der Waals surface area contributed by atoms with E-state index in [1.165, 1.54) is 0 Å². The number of hydrogen-bond donors (Lipinski definition) is 2. The highest BCUT2D eigenvalue weighted by atomic mass is 16.5. The first kappa shape index (κ1) is 14.9. The summed E-state index contributed by atoms with van der Waals surface area (Å²) in [6.07, 6.45) is 0.823. The van der Waals surface area contributed by atoms with Crippen LogP contribution in [0.2, 0.25) is 0 Å². The molecule has 2 aromatic carbocycles. The third kappa shape index (κ3) is 4.24. The normalized spacial score (nSPS) is 10.1. The molecule has 0 saturated heterocycles. The highest BCUT2D eigenvalue weighted by Crippen LogP contribution is 2.15. The van der Waals surface area contributed by atoms with E-state index in [4.69, 9.17) is 10.5 Å². The minimum atomic E-state index is -0.282. The van der Waals surface area contributed by atoms with Crippen molar-refractivity contribution in [2.24, 2.45) is 0 Å². The standard InChI is InChI=1S/C17H20N2O2/c1-2-11-21-17(20)13-7-9-15(10-8-13)19-12-14-5-3-4-6-16(14)18/h3-10,19H,2,11-12,18H2,1H3. The average Bonchev–Trinajstić information content (AvgIpc) is 2.52. The van der Waals surface area contributed by atoms with Crippen LogP contribution >= 0.6 is 0 Å².